The molecule has 0 aliphatic carbocycles. The molecule has 5 rings (SSSR count). The molecule has 0 amide bonds. The lowest BCUT2D eigenvalue weighted by molar-refractivity contribution is -0.0379. The van der Waals surface area contributed by atoms with Crippen LogP contribution in [-0.2, 0) is 24.3 Å². The third kappa shape index (κ3) is 2.56. The van der Waals surface area contributed by atoms with E-state index in [1.54, 1.807) is 11.3 Å². The smallest absolute Gasteiger partial charge is 0.168 e. The van der Waals surface area contributed by atoms with Crippen LogP contribution < -0.4 is 0 Å². The lowest BCUT2D eigenvalue weighted by Crippen LogP contribution is -2.31. The van der Waals surface area contributed by atoms with Crippen molar-refractivity contribution in [2.24, 2.45) is 0 Å². The fourth-order valence-corrected chi connectivity index (χ4v) is 5.14. The molecule has 0 saturated carbocycles. The second-order valence-electron chi connectivity index (χ2n) is 7.81. The Bertz CT molecular complexity index is 967. The highest BCUT2D eigenvalue weighted by atomic mass is 32.1. The van der Waals surface area contributed by atoms with Gasteiger partial charge in [0.15, 0.2) is 11.5 Å². The van der Waals surface area contributed by atoms with Gasteiger partial charge in [-0.2, -0.15) is 4.52 Å². The van der Waals surface area contributed by atoms with E-state index in [1.165, 1.54) is 28.7 Å². The minimum atomic E-state index is -0.138. The zero-order valence-electron chi connectivity index (χ0n) is 15.0. The Hall–Kier alpha value is -1.57. The molecule has 1 saturated heterocycles. The summed E-state index contributed by atoms with van der Waals surface area (Å²) < 4.78 is 7.92. The number of thiophene rings is 1. The van der Waals surface area contributed by atoms with E-state index in [0.29, 0.717) is 6.61 Å². The predicted octanol–water partition coefficient (Wildman–Crippen LogP) is 3.09. The summed E-state index contributed by atoms with van der Waals surface area (Å²) in [4.78, 5) is 14.5. The zero-order chi connectivity index (χ0) is 17.2. The van der Waals surface area contributed by atoms with Crippen LogP contribution >= 0.6 is 11.3 Å². The number of hydrogen-bond donors (Lipinski definition) is 0. The van der Waals surface area contributed by atoms with Crippen LogP contribution in [0.3, 0.4) is 0 Å². The summed E-state index contributed by atoms with van der Waals surface area (Å²) in [6.45, 7) is 10.1. The van der Waals surface area contributed by atoms with Crippen molar-refractivity contribution in [1.82, 2.24) is 24.5 Å². The topological polar surface area (TPSA) is 55.6 Å². The Morgan fingerprint density at radius 3 is 2.80 bits per heavy atom. The number of rotatable bonds is 2. The Kier molecular flexibility index (Phi) is 3.42. The third-order valence-electron chi connectivity index (χ3n) is 5.28. The molecule has 0 spiro atoms. The summed E-state index contributed by atoms with van der Waals surface area (Å²) in [6.07, 6.45) is 3.47. The number of aryl methyl sites for hydroxylation is 1. The highest BCUT2D eigenvalue weighted by Crippen LogP contribution is 2.39. The number of aromatic nitrogens is 4. The molecule has 1 fully saturated rings. The molecule has 6 nitrogen and oxygen atoms in total. The number of ether oxygens (including phenoxy) is 1. The maximum atomic E-state index is 5.99. The van der Waals surface area contributed by atoms with E-state index < -0.39 is 0 Å². The normalized spacial score (nSPS) is 20.6. The van der Waals surface area contributed by atoms with Gasteiger partial charge in [-0.1, -0.05) is 0 Å². The maximum absolute atomic E-state index is 5.99. The van der Waals surface area contributed by atoms with Gasteiger partial charge in [-0.05, 0) is 52.3 Å². The van der Waals surface area contributed by atoms with Crippen molar-refractivity contribution in [3.8, 4) is 0 Å². The van der Waals surface area contributed by atoms with Gasteiger partial charge in [0.1, 0.15) is 10.7 Å². The molecule has 2 aliphatic heterocycles. The van der Waals surface area contributed by atoms with E-state index in [1.807, 2.05) is 11.4 Å². The molecular formula is C18H23N5OS. The van der Waals surface area contributed by atoms with Gasteiger partial charge in [-0.3, -0.25) is 4.90 Å². The van der Waals surface area contributed by atoms with Gasteiger partial charge < -0.3 is 4.74 Å². The fourth-order valence-electron chi connectivity index (χ4n) is 3.99. The first-order chi connectivity index (χ1) is 12.0. The van der Waals surface area contributed by atoms with Gasteiger partial charge >= 0.3 is 0 Å². The van der Waals surface area contributed by atoms with Crippen LogP contribution in [0.15, 0.2) is 0 Å². The third-order valence-corrected chi connectivity index (χ3v) is 6.38. The molecule has 25 heavy (non-hydrogen) atoms. The zero-order valence-corrected chi connectivity index (χ0v) is 15.8. The Morgan fingerprint density at radius 1 is 1.20 bits per heavy atom. The van der Waals surface area contributed by atoms with Crippen LogP contribution in [-0.4, -0.2) is 43.2 Å². The summed E-state index contributed by atoms with van der Waals surface area (Å²) in [5, 5.41) is 5.95. The summed E-state index contributed by atoms with van der Waals surface area (Å²) in [5.74, 6) is 1.81. The number of fused-ring (bicyclic) bond motifs is 5. The van der Waals surface area contributed by atoms with Crippen LogP contribution in [0.4, 0.5) is 0 Å². The SMILES string of the molecule is Cc1nc2sc3c(c2c2nc(CN4CCCC4)nn12)CC(C)(C)OC3. The molecule has 132 valence electrons. The average Bonchev–Trinajstić information content (AvgIpc) is 3.25. The quantitative estimate of drug-likeness (QED) is 0.705. The molecule has 2 aliphatic rings. The van der Waals surface area contributed by atoms with E-state index in [-0.39, 0.29) is 5.60 Å². The van der Waals surface area contributed by atoms with Gasteiger partial charge in [0, 0.05) is 11.3 Å². The maximum Gasteiger partial charge on any atom is 0.168 e. The van der Waals surface area contributed by atoms with Crippen molar-refractivity contribution >= 4 is 27.2 Å². The monoisotopic (exact) mass is 357 g/mol. The molecule has 3 aromatic heterocycles. The van der Waals surface area contributed by atoms with Gasteiger partial charge in [-0.15, -0.1) is 16.4 Å². The highest BCUT2D eigenvalue weighted by Gasteiger charge is 2.31. The van der Waals surface area contributed by atoms with E-state index in [2.05, 4.69) is 18.7 Å². The standard InChI is InChI=1S/C18H23N5OS/c1-11-19-17-15(12-8-18(2,3)24-10-13(12)25-17)16-20-14(21-23(11)16)9-22-6-4-5-7-22/h4-10H2,1-3H3. The molecule has 0 unspecified atom stereocenters. The lowest BCUT2D eigenvalue weighted by Gasteiger charge is -2.30. The summed E-state index contributed by atoms with van der Waals surface area (Å²) in [5.41, 5.74) is 2.18. The average molecular weight is 357 g/mol. The molecule has 0 radical (unpaired) electrons. The summed E-state index contributed by atoms with van der Waals surface area (Å²) in [6, 6.07) is 0. The Morgan fingerprint density at radius 2 is 2.00 bits per heavy atom. The van der Waals surface area contributed by atoms with Crippen LogP contribution in [0, 0.1) is 6.92 Å². The van der Waals surface area contributed by atoms with Crippen LogP contribution in [0.5, 0.6) is 0 Å². The molecule has 5 heterocycles. The van der Waals surface area contributed by atoms with Crippen molar-refractivity contribution in [1.29, 1.82) is 0 Å². The largest absolute Gasteiger partial charge is 0.370 e. The minimum Gasteiger partial charge on any atom is -0.370 e. The van der Waals surface area contributed by atoms with Crippen molar-refractivity contribution in [2.45, 2.75) is 58.8 Å². The lowest BCUT2D eigenvalue weighted by atomic mass is 9.94. The first kappa shape index (κ1) is 15.7. The van der Waals surface area contributed by atoms with Gasteiger partial charge in [0.25, 0.3) is 0 Å². The number of hydrogen-bond acceptors (Lipinski definition) is 6. The molecular weight excluding hydrogens is 334 g/mol. The number of likely N-dealkylation sites (tertiary alicyclic amines) is 1. The second-order valence-corrected chi connectivity index (χ2v) is 8.90. The van der Waals surface area contributed by atoms with Gasteiger partial charge in [0.05, 0.1) is 24.1 Å². The van der Waals surface area contributed by atoms with Crippen LogP contribution in [0.2, 0.25) is 0 Å². The van der Waals surface area contributed by atoms with Crippen molar-refractivity contribution < 1.29 is 4.74 Å². The number of nitrogens with zero attached hydrogens (tertiary/aromatic N) is 5. The van der Waals surface area contributed by atoms with E-state index in [9.17, 15) is 0 Å². The van der Waals surface area contributed by atoms with Crippen LogP contribution in [0.1, 0.15) is 48.8 Å². The van der Waals surface area contributed by atoms with Gasteiger partial charge in [-0.25, -0.2) is 9.97 Å². The first-order valence-electron chi connectivity index (χ1n) is 9.03. The fraction of sp³-hybridized carbons (Fsp3) is 0.611. The van der Waals surface area contributed by atoms with Crippen LogP contribution in [0.25, 0.3) is 15.9 Å². The van der Waals surface area contributed by atoms with E-state index in [0.717, 1.165) is 48.2 Å². The molecule has 0 N–H and O–H groups in total. The predicted molar refractivity (Wildman–Crippen MR) is 98.0 cm³/mol. The summed E-state index contributed by atoms with van der Waals surface area (Å²) >= 11 is 1.74. The van der Waals surface area contributed by atoms with Crippen molar-refractivity contribution in [3.05, 3.63) is 22.1 Å². The minimum absolute atomic E-state index is 0.138. The molecule has 0 aromatic carbocycles. The van der Waals surface area contributed by atoms with Gasteiger partial charge in [0.2, 0.25) is 0 Å². The van der Waals surface area contributed by atoms with Crippen molar-refractivity contribution in [3.63, 3.8) is 0 Å². The van der Waals surface area contributed by atoms with E-state index >= 15 is 0 Å². The molecule has 0 atom stereocenters. The van der Waals surface area contributed by atoms with Crippen molar-refractivity contribution in [2.75, 3.05) is 13.1 Å². The molecule has 3 aromatic rings. The Labute approximate surface area is 150 Å². The highest BCUT2D eigenvalue weighted by molar-refractivity contribution is 7.19. The summed E-state index contributed by atoms with van der Waals surface area (Å²) in [7, 11) is 0. The first-order valence-corrected chi connectivity index (χ1v) is 9.85. The second kappa shape index (κ2) is 5.46. The van der Waals surface area contributed by atoms with E-state index in [4.69, 9.17) is 19.8 Å². The molecule has 0 bridgehead atoms. The molecule has 7 heteroatoms. The Balaban J connectivity index is 1.67.